The first-order valence-corrected chi connectivity index (χ1v) is 11.2. The molecule has 1 aliphatic rings. The highest BCUT2D eigenvalue weighted by atomic mass is 32.1. The number of nitrogens with one attached hydrogen (secondary N) is 2. The third-order valence-corrected chi connectivity index (χ3v) is 5.79. The fourth-order valence-corrected chi connectivity index (χ4v) is 4.61. The monoisotopic (exact) mass is 424 g/mol. The molecule has 30 heavy (non-hydrogen) atoms. The summed E-state index contributed by atoms with van der Waals surface area (Å²) in [5.74, 6) is -0.278. The van der Waals surface area contributed by atoms with E-state index in [0.717, 1.165) is 19.3 Å². The zero-order valence-corrected chi connectivity index (χ0v) is 19.0. The second-order valence-electron chi connectivity index (χ2n) is 8.18. The first kappa shape index (κ1) is 22.3. The number of benzene rings is 2. The van der Waals surface area contributed by atoms with E-state index in [1.807, 2.05) is 0 Å². The van der Waals surface area contributed by atoms with Gasteiger partial charge in [-0.25, -0.2) is 0 Å². The molecule has 160 valence electrons. The van der Waals surface area contributed by atoms with Crippen LogP contribution in [-0.4, -0.2) is 24.2 Å². The van der Waals surface area contributed by atoms with Crippen LogP contribution in [0.25, 0.3) is 0 Å². The average molecular weight is 425 g/mol. The van der Waals surface area contributed by atoms with Gasteiger partial charge in [-0.2, -0.15) is 0 Å². The Balaban J connectivity index is 1.80. The maximum atomic E-state index is 10.9. The molecule has 0 aliphatic heterocycles. The summed E-state index contributed by atoms with van der Waals surface area (Å²) in [7, 11) is 0. The molecule has 1 unspecified atom stereocenters. The molecule has 0 aromatic heterocycles. The highest BCUT2D eigenvalue weighted by molar-refractivity contribution is 7.80. The van der Waals surface area contributed by atoms with Crippen molar-refractivity contribution >= 4 is 23.3 Å². The molecule has 3 rings (SSSR count). The minimum atomic E-state index is -0.278. The molecule has 0 heterocycles. The lowest BCUT2D eigenvalue weighted by atomic mass is 9.84. The SMILES string of the molecule is CC(=O)OCCNC(=S)NC(Cc1cc(C)cc(C)c1)c1cccc2c1CCCC2. The quantitative estimate of drug-likeness (QED) is 0.390. The first-order chi connectivity index (χ1) is 14.4. The molecule has 2 aromatic rings. The molecule has 0 bridgehead atoms. The lowest BCUT2D eigenvalue weighted by Crippen LogP contribution is -2.40. The summed E-state index contributed by atoms with van der Waals surface area (Å²) >= 11 is 5.57. The van der Waals surface area contributed by atoms with Crippen molar-refractivity contribution in [3.63, 3.8) is 0 Å². The highest BCUT2D eigenvalue weighted by Crippen LogP contribution is 2.30. The van der Waals surface area contributed by atoms with Crippen LogP contribution in [0.15, 0.2) is 36.4 Å². The van der Waals surface area contributed by atoms with Gasteiger partial charge < -0.3 is 15.4 Å². The smallest absolute Gasteiger partial charge is 0.302 e. The van der Waals surface area contributed by atoms with Gasteiger partial charge in [0, 0.05) is 6.92 Å². The summed E-state index contributed by atoms with van der Waals surface area (Å²) in [4.78, 5) is 10.9. The fraction of sp³-hybridized carbons (Fsp3) is 0.440. The number of thiocarbonyl (C=S) groups is 1. The van der Waals surface area contributed by atoms with Crippen molar-refractivity contribution in [1.82, 2.24) is 10.6 Å². The van der Waals surface area contributed by atoms with Crippen molar-refractivity contribution in [3.05, 3.63) is 69.8 Å². The topological polar surface area (TPSA) is 50.4 Å². The molecule has 0 fully saturated rings. The summed E-state index contributed by atoms with van der Waals surface area (Å²) in [6.45, 7) is 6.50. The normalized spacial score (nSPS) is 13.8. The van der Waals surface area contributed by atoms with E-state index in [9.17, 15) is 4.79 Å². The second kappa shape index (κ2) is 10.6. The summed E-state index contributed by atoms with van der Waals surface area (Å²) in [5, 5.41) is 7.30. The maximum absolute atomic E-state index is 10.9. The molecular formula is C25H32N2O2S. The van der Waals surface area contributed by atoms with E-state index in [0.29, 0.717) is 18.3 Å². The van der Waals surface area contributed by atoms with Gasteiger partial charge in [-0.3, -0.25) is 4.79 Å². The molecular weight excluding hydrogens is 392 g/mol. The van der Waals surface area contributed by atoms with Crippen LogP contribution in [0.2, 0.25) is 0 Å². The Labute approximate surface area is 185 Å². The van der Waals surface area contributed by atoms with Crippen LogP contribution >= 0.6 is 12.2 Å². The third kappa shape index (κ3) is 6.30. The average Bonchev–Trinajstić information content (AvgIpc) is 2.69. The number of hydrogen-bond acceptors (Lipinski definition) is 3. The standard InChI is InChI=1S/C25H32N2O2S/c1-17-13-18(2)15-20(14-17)16-24(27-25(30)26-11-12-29-19(3)28)23-10-6-8-21-7-4-5-9-22(21)23/h6,8,10,13-15,24H,4-5,7,9,11-12,16H2,1-3H3,(H2,26,27,30). The predicted octanol–water partition coefficient (Wildman–Crippen LogP) is 4.49. The fourth-order valence-electron chi connectivity index (χ4n) is 4.37. The maximum Gasteiger partial charge on any atom is 0.302 e. The minimum Gasteiger partial charge on any atom is -0.464 e. The third-order valence-electron chi connectivity index (χ3n) is 5.53. The Morgan fingerprint density at radius 2 is 1.87 bits per heavy atom. The van der Waals surface area contributed by atoms with Gasteiger partial charge in [-0.15, -0.1) is 0 Å². The number of carbonyl (C=O) groups is 1. The number of fused-ring (bicyclic) bond motifs is 1. The van der Waals surface area contributed by atoms with Crippen LogP contribution in [0.5, 0.6) is 0 Å². The summed E-state index contributed by atoms with van der Waals surface area (Å²) in [6.07, 6.45) is 5.66. The molecule has 0 saturated heterocycles. The number of ether oxygens (including phenoxy) is 1. The number of esters is 1. The Morgan fingerprint density at radius 1 is 1.13 bits per heavy atom. The van der Waals surface area contributed by atoms with Gasteiger partial charge in [0.05, 0.1) is 12.6 Å². The molecule has 0 amide bonds. The summed E-state index contributed by atoms with van der Waals surface area (Å²) < 4.78 is 4.99. The van der Waals surface area contributed by atoms with Crippen molar-refractivity contribution in [2.24, 2.45) is 0 Å². The molecule has 5 heteroatoms. The van der Waals surface area contributed by atoms with Crippen LogP contribution < -0.4 is 10.6 Å². The van der Waals surface area contributed by atoms with E-state index in [1.54, 1.807) is 0 Å². The van der Waals surface area contributed by atoms with Crippen molar-refractivity contribution in [2.75, 3.05) is 13.2 Å². The predicted molar refractivity (Wildman–Crippen MR) is 126 cm³/mol. The van der Waals surface area contributed by atoms with Crippen molar-refractivity contribution in [1.29, 1.82) is 0 Å². The lowest BCUT2D eigenvalue weighted by Gasteiger charge is -2.27. The van der Waals surface area contributed by atoms with Gasteiger partial charge in [-0.05, 0) is 80.4 Å². The number of rotatable bonds is 7. The van der Waals surface area contributed by atoms with Gasteiger partial charge in [0.15, 0.2) is 5.11 Å². The Kier molecular flexibility index (Phi) is 7.86. The van der Waals surface area contributed by atoms with E-state index >= 15 is 0 Å². The summed E-state index contributed by atoms with van der Waals surface area (Å²) in [6, 6.07) is 13.5. The summed E-state index contributed by atoms with van der Waals surface area (Å²) in [5.41, 5.74) is 8.16. The zero-order valence-electron chi connectivity index (χ0n) is 18.2. The van der Waals surface area contributed by atoms with Crippen molar-refractivity contribution in [3.8, 4) is 0 Å². The van der Waals surface area contributed by atoms with Crippen LogP contribution in [0.3, 0.4) is 0 Å². The highest BCUT2D eigenvalue weighted by Gasteiger charge is 2.21. The molecule has 0 radical (unpaired) electrons. The Bertz CT molecular complexity index is 890. The molecule has 1 aliphatic carbocycles. The van der Waals surface area contributed by atoms with Crippen molar-refractivity contribution in [2.45, 2.75) is 58.9 Å². The van der Waals surface area contributed by atoms with Crippen LogP contribution in [0.4, 0.5) is 0 Å². The van der Waals surface area contributed by atoms with Gasteiger partial charge >= 0.3 is 5.97 Å². The molecule has 4 nitrogen and oxygen atoms in total. The largest absolute Gasteiger partial charge is 0.464 e. The van der Waals surface area contributed by atoms with E-state index in [2.05, 4.69) is 60.9 Å². The lowest BCUT2D eigenvalue weighted by molar-refractivity contribution is -0.140. The molecule has 0 spiro atoms. The molecule has 0 saturated carbocycles. The van der Waals surface area contributed by atoms with Gasteiger partial charge in [-0.1, -0.05) is 47.5 Å². The number of carbonyl (C=O) groups excluding carboxylic acids is 1. The van der Waals surface area contributed by atoms with Gasteiger partial charge in [0.2, 0.25) is 0 Å². The Hall–Kier alpha value is -2.40. The minimum absolute atomic E-state index is 0.0907. The first-order valence-electron chi connectivity index (χ1n) is 10.8. The van der Waals surface area contributed by atoms with E-state index in [4.69, 9.17) is 17.0 Å². The second-order valence-corrected chi connectivity index (χ2v) is 8.59. The van der Waals surface area contributed by atoms with E-state index < -0.39 is 0 Å². The van der Waals surface area contributed by atoms with Crippen LogP contribution in [-0.2, 0) is 28.8 Å². The van der Waals surface area contributed by atoms with E-state index in [-0.39, 0.29) is 12.0 Å². The van der Waals surface area contributed by atoms with Crippen LogP contribution in [0.1, 0.15) is 59.2 Å². The number of hydrogen-bond donors (Lipinski definition) is 2. The molecule has 2 N–H and O–H groups in total. The molecule has 1 atom stereocenters. The van der Waals surface area contributed by atoms with Crippen molar-refractivity contribution < 1.29 is 9.53 Å². The molecule has 2 aromatic carbocycles. The van der Waals surface area contributed by atoms with Gasteiger partial charge in [0.25, 0.3) is 0 Å². The van der Waals surface area contributed by atoms with Crippen LogP contribution in [0, 0.1) is 13.8 Å². The number of aryl methyl sites for hydroxylation is 3. The van der Waals surface area contributed by atoms with Gasteiger partial charge in [0.1, 0.15) is 6.61 Å². The van der Waals surface area contributed by atoms with E-state index in [1.165, 1.54) is 53.1 Å². The zero-order chi connectivity index (χ0) is 21.5. The Morgan fingerprint density at radius 3 is 2.60 bits per heavy atom.